The first-order chi connectivity index (χ1) is 7.85. The molecule has 0 aromatic heterocycles. The van der Waals surface area contributed by atoms with E-state index in [9.17, 15) is 0 Å². The van der Waals surface area contributed by atoms with E-state index in [0.717, 1.165) is 30.6 Å². The lowest BCUT2D eigenvalue weighted by atomic mass is 10.2. The zero-order valence-electron chi connectivity index (χ0n) is 10.6. The standard InChI is InChI=1S/C12H25N3S/c1-4-6-7-8-14-12(13-3)15-9-11-16-10-5-2/h5H,2,4,6-11H2,1,3H3,(H2,13,14,15). The van der Waals surface area contributed by atoms with Crippen LogP contribution >= 0.6 is 11.8 Å². The molecule has 94 valence electrons. The summed E-state index contributed by atoms with van der Waals surface area (Å²) >= 11 is 1.87. The van der Waals surface area contributed by atoms with Gasteiger partial charge in [0.15, 0.2) is 5.96 Å². The van der Waals surface area contributed by atoms with E-state index in [1.807, 2.05) is 24.9 Å². The third kappa shape index (κ3) is 9.90. The monoisotopic (exact) mass is 243 g/mol. The molecule has 0 aromatic rings. The van der Waals surface area contributed by atoms with E-state index >= 15 is 0 Å². The van der Waals surface area contributed by atoms with Gasteiger partial charge in [0.1, 0.15) is 0 Å². The first-order valence-corrected chi connectivity index (χ1v) is 7.13. The molecule has 3 nitrogen and oxygen atoms in total. The lowest BCUT2D eigenvalue weighted by Crippen LogP contribution is -2.38. The average Bonchev–Trinajstić information content (AvgIpc) is 2.31. The van der Waals surface area contributed by atoms with Gasteiger partial charge in [-0.1, -0.05) is 25.8 Å². The number of nitrogens with zero attached hydrogens (tertiary/aromatic N) is 1. The van der Waals surface area contributed by atoms with E-state index in [2.05, 4.69) is 29.1 Å². The molecule has 2 N–H and O–H groups in total. The van der Waals surface area contributed by atoms with Crippen LogP contribution in [-0.4, -0.2) is 37.6 Å². The molecular formula is C12H25N3S. The molecule has 0 fully saturated rings. The maximum Gasteiger partial charge on any atom is 0.191 e. The number of hydrogen-bond acceptors (Lipinski definition) is 2. The fourth-order valence-corrected chi connectivity index (χ4v) is 1.79. The van der Waals surface area contributed by atoms with E-state index in [1.54, 1.807) is 0 Å². The largest absolute Gasteiger partial charge is 0.356 e. The molecule has 0 bridgehead atoms. The first-order valence-electron chi connectivity index (χ1n) is 5.98. The molecule has 0 aromatic carbocycles. The molecule has 0 unspecified atom stereocenters. The van der Waals surface area contributed by atoms with Crippen molar-refractivity contribution in [3.63, 3.8) is 0 Å². The van der Waals surface area contributed by atoms with Gasteiger partial charge in [-0.15, -0.1) is 6.58 Å². The van der Waals surface area contributed by atoms with Gasteiger partial charge in [0.2, 0.25) is 0 Å². The maximum atomic E-state index is 4.17. The highest BCUT2D eigenvalue weighted by molar-refractivity contribution is 7.99. The Hall–Kier alpha value is -0.640. The lowest BCUT2D eigenvalue weighted by molar-refractivity contribution is 0.685. The Bertz CT molecular complexity index is 193. The van der Waals surface area contributed by atoms with Crippen molar-refractivity contribution in [3.8, 4) is 0 Å². The van der Waals surface area contributed by atoms with Crippen LogP contribution in [0.4, 0.5) is 0 Å². The van der Waals surface area contributed by atoms with Crippen LogP contribution in [-0.2, 0) is 0 Å². The number of aliphatic imine (C=N–C) groups is 1. The smallest absolute Gasteiger partial charge is 0.191 e. The number of rotatable bonds is 9. The summed E-state index contributed by atoms with van der Waals surface area (Å²) in [6, 6.07) is 0. The van der Waals surface area contributed by atoms with Gasteiger partial charge in [-0.25, -0.2) is 0 Å². The fourth-order valence-electron chi connectivity index (χ4n) is 1.21. The van der Waals surface area contributed by atoms with Crippen LogP contribution in [0.25, 0.3) is 0 Å². The van der Waals surface area contributed by atoms with Gasteiger partial charge in [-0.3, -0.25) is 4.99 Å². The summed E-state index contributed by atoms with van der Waals surface area (Å²) in [5.74, 6) is 3.02. The summed E-state index contributed by atoms with van der Waals surface area (Å²) in [6.07, 6.45) is 5.68. The topological polar surface area (TPSA) is 36.4 Å². The second kappa shape index (κ2) is 12.4. The minimum Gasteiger partial charge on any atom is -0.356 e. The third-order valence-electron chi connectivity index (χ3n) is 2.07. The summed E-state index contributed by atoms with van der Waals surface area (Å²) < 4.78 is 0. The van der Waals surface area contributed by atoms with Gasteiger partial charge in [0.05, 0.1) is 0 Å². The van der Waals surface area contributed by atoms with Gasteiger partial charge in [-0.2, -0.15) is 11.8 Å². The van der Waals surface area contributed by atoms with Crippen molar-refractivity contribution in [2.75, 3.05) is 31.6 Å². The van der Waals surface area contributed by atoms with Crippen LogP contribution in [0.15, 0.2) is 17.6 Å². The molecule has 0 spiro atoms. The summed E-state index contributed by atoms with van der Waals surface area (Å²) in [5, 5.41) is 6.59. The number of hydrogen-bond donors (Lipinski definition) is 2. The summed E-state index contributed by atoms with van der Waals surface area (Å²) in [7, 11) is 1.81. The Labute approximate surface area is 104 Å². The molecule has 0 aliphatic carbocycles. The van der Waals surface area contributed by atoms with Gasteiger partial charge in [0, 0.05) is 31.6 Å². The zero-order chi connectivity index (χ0) is 12.1. The molecule has 0 saturated carbocycles. The molecule has 0 saturated heterocycles. The average molecular weight is 243 g/mol. The number of thioether (sulfide) groups is 1. The first kappa shape index (κ1) is 15.4. The van der Waals surface area contributed by atoms with Crippen molar-refractivity contribution in [2.45, 2.75) is 26.2 Å². The number of unbranched alkanes of at least 4 members (excludes halogenated alkanes) is 2. The molecule has 0 rings (SSSR count). The van der Waals surface area contributed by atoms with Gasteiger partial charge in [0.25, 0.3) is 0 Å². The van der Waals surface area contributed by atoms with Gasteiger partial charge < -0.3 is 10.6 Å². The molecule has 0 aliphatic heterocycles. The summed E-state index contributed by atoms with van der Waals surface area (Å²) in [6.45, 7) is 7.86. The molecule has 0 radical (unpaired) electrons. The maximum absolute atomic E-state index is 4.17. The molecule has 0 aliphatic rings. The lowest BCUT2D eigenvalue weighted by Gasteiger charge is -2.11. The minimum absolute atomic E-state index is 0.912. The van der Waals surface area contributed by atoms with E-state index in [4.69, 9.17) is 0 Å². The summed E-state index contributed by atoms with van der Waals surface area (Å²) in [4.78, 5) is 4.17. The highest BCUT2D eigenvalue weighted by Gasteiger charge is 1.95. The van der Waals surface area contributed by atoms with E-state index < -0.39 is 0 Å². The van der Waals surface area contributed by atoms with Crippen LogP contribution in [0.3, 0.4) is 0 Å². The van der Waals surface area contributed by atoms with Crippen LogP contribution in [0.1, 0.15) is 26.2 Å². The van der Waals surface area contributed by atoms with Gasteiger partial charge >= 0.3 is 0 Å². The van der Waals surface area contributed by atoms with Crippen LogP contribution in [0.5, 0.6) is 0 Å². The molecule has 16 heavy (non-hydrogen) atoms. The highest BCUT2D eigenvalue weighted by atomic mass is 32.2. The number of guanidine groups is 1. The van der Waals surface area contributed by atoms with Crippen molar-refractivity contribution in [1.82, 2.24) is 10.6 Å². The quantitative estimate of drug-likeness (QED) is 0.282. The Balaban J connectivity index is 3.41. The van der Waals surface area contributed by atoms with E-state index in [-0.39, 0.29) is 0 Å². The second-order valence-electron chi connectivity index (χ2n) is 3.50. The Morgan fingerprint density at radius 2 is 2.06 bits per heavy atom. The Kier molecular flexibility index (Phi) is 11.9. The van der Waals surface area contributed by atoms with Gasteiger partial charge in [-0.05, 0) is 6.42 Å². The van der Waals surface area contributed by atoms with Crippen LogP contribution in [0.2, 0.25) is 0 Å². The predicted molar refractivity (Wildman–Crippen MR) is 76.4 cm³/mol. The van der Waals surface area contributed by atoms with Crippen LogP contribution in [0, 0.1) is 0 Å². The van der Waals surface area contributed by atoms with Crippen molar-refractivity contribution >= 4 is 17.7 Å². The highest BCUT2D eigenvalue weighted by Crippen LogP contribution is 1.96. The Morgan fingerprint density at radius 3 is 2.69 bits per heavy atom. The minimum atomic E-state index is 0.912. The summed E-state index contributed by atoms with van der Waals surface area (Å²) in [5.41, 5.74) is 0. The normalized spacial score (nSPS) is 11.2. The zero-order valence-corrected chi connectivity index (χ0v) is 11.4. The third-order valence-corrected chi connectivity index (χ3v) is 3.04. The van der Waals surface area contributed by atoms with E-state index in [0.29, 0.717) is 0 Å². The molecular weight excluding hydrogens is 218 g/mol. The van der Waals surface area contributed by atoms with E-state index in [1.165, 1.54) is 19.3 Å². The molecule has 0 atom stereocenters. The fraction of sp³-hybridized carbons (Fsp3) is 0.750. The van der Waals surface area contributed by atoms with Crippen molar-refractivity contribution < 1.29 is 0 Å². The molecule has 4 heteroatoms. The second-order valence-corrected chi connectivity index (χ2v) is 4.65. The Morgan fingerprint density at radius 1 is 1.31 bits per heavy atom. The number of nitrogens with one attached hydrogen (secondary N) is 2. The predicted octanol–water partition coefficient (Wildman–Crippen LogP) is 2.26. The van der Waals surface area contributed by atoms with Crippen molar-refractivity contribution in [3.05, 3.63) is 12.7 Å². The molecule has 0 heterocycles. The van der Waals surface area contributed by atoms with Crippen molar-refractivity contribution in [1.29, 1.82) is 0 Å². The van der Waals surface area contributed by atoms with Crippen LogP contribution < -0.4 is 10.6 Å². The molecule has 0 amide bonds. The SMILES string of the molecule is C=CCSCCNC(=NC)NCCCCC. The van der Waals surface area contributed by atoms with Crippen molar-refractivity contribution in [2.24, 2.45) is 4.99 Å².